The molecule has 8 heteroatoms. The summed E-state index contributed by atoms with van der Waals surface area (Å²) in [5.74, 6) is -0.202. The summed E-state index contributed by atoms with van der Waals surface area (Å²) in [4.78, 5) is 28.8. The van der Waals surface area contributed by atoms with Crippen molar-refractivity contribution in [1.29, 1.82) is 0 Å². The lowest BCUT2D eigenvalue weighted by Crippen LogP contribution is -2.26. The first-order valence-electron chi connectivity index (χ1n) is 7.45. The molecule has 0 fully saturated rings. The van der Waals surface area contributed by atoms with E-state index in [0.29, 0.717) is 23.6 Å². The summed E-state index contributed by atoms with van der Waals surface area (Å²) >= 11 is 7.30. The van der Waals surface area contributed by atoms with Gasteiger partial charge in [-0.05, 0) is 24.3 Å². The number of Topliss-reactive ketones (excluding diaryl/α,β-unsaturated/α-hetero) is 1. The van der Waals surface area contributed by atoms with Crippen molar-refractivity contribution < 1.29 is 9.59 Å². The molecule has 3 aromatic rings. The molecule has 0 aliphatic heterocycles. The highest BCUT2D eigenvalue weighted by atomic mass is 35.5. The molecular weight excluding hydrogens is 348 g/mol. The van der Waals surface area contributed by atoms with E-state index in [4.69, 9.17) is 11.6 Å². The van der Waals surface area contributed by atoms with E-state index in [0.717, 1.165) is 10.7 Å². The zero-order valence-electron chi connectivity index (χ0n) is 12.7. The van der Waals surface area contributed by atoms with Crippen molar-refractivity contribution in [3.63, 3.8) is 0 Å². The van der Waals surface area contributed by atoms with Crippen LogP contribution in [0, 0.1) is 0 Å². The SMILES string of the molecule is O=C(CCC(=O)c1ccc(Cl)cc1)NCCc1csc2ncnn12. The number of fused-ring (bicyclic) bond motifs is 1. The van der Waals surface area contributed by atoms with Crippen LogP contribution in [-0.4, -0.2) is 32.8 Å². The van der Waals surface area contributed by atoms with Crippen LogP contribution < -0.4 is 5.32 Å². The van der Waals surface area contributed by atoms with Crippen molar-refractivity contribution in [3.8, 4) is 0 Å². The maximum Gasteiger partial charge on any atom is 0.220 e. The quantitative estimate of drug-likeness (QED) is 0.656. The van der Waals surface area contributed by atoms with Gasteiger partial charge >= 0.3 is 0 Å². The molecule has 0 spiro atoms. The number of hydrogen-bond donors (Lipinski definition) is 1. The molecule has 0 unspecified atom stereocenters. The number of benzene rings is 1. The Balaban J connectivity index is 1.42. The van der Waals surface area contributed by atoms with Crippen molar-refractivity contribution >= 4 is 39.6 Å². The Labute approximate surface area is 147 Å². The van der Waals surface area contributed by atoms with Crippen molar-refractivity contribution in [2.24, 2.45) is 0 Å². The van der Waals surface area contributed by atoms with Gasteiger partial charge in [-0.2, -0.15) is 5.10 Å². The van der Waals surface area contributed by atoms with E-state index in [1.54, 1.807) is 28.8 Å². The molecule has 0 aliphatic rings. The summed E-state index contributed by atoms with van der Waals surface area (Å²) in [5, 5.41) is 9.51. The summed E-state index contributed by atoms with van der Waals surface area (Å²) < 4.78 is 1.76. The second kappa shape index (κ2) is 7.55. The number of rotatable bonds is 7. The topological polar surface area (TPSA) is 76.4 Å². The number of nitrogens with zero attached hydrogens (tertiary/aromatic N) is 3. The van der Waals surface area contributed by atoms with Crippen LogP contribution in [0.2, 0.25) is 5.02 Å². The largest absolute Gasteiger partial charge is 0.356 e. The van der Waals surface area contributed by atoms with E-state index in [9.17, 15) is 9.59 Å². The minimum atomic E-state index is -0.137. The van der Waals surface area contributed by atoms with Crippen LogP contribution in [0.15, 0.2) is 36.0 Å². The Morgan fingerprint density at radius 1 is 1.21 bits per heavy atom. The summed E-state index contributed by atoms with van der Waals surface area (Å²) in [5.41, 5.74) is 1.57. The van der Waals surface area contributed by atoms with Gasteiger partial charge in [0.2, 0.25) is 10.9 Å². The number of halogens is 1. The molecule has 3 rings (SSSR count). The number of amides is 1. The molecule has 2 heterocycles. The lowest BCUT2D eigenvalue weighted by atomic mass is 10.1. The van der Waals surface area contributed by atoms with Gasteiger partial charge in [0, 0.05) is 41.8 Å². The normalized spacial score (nSPS) is 10.9. The second-order valence-electron chi connectivity index (χ2n) is 5.21. The predicted molar refractivity (Wildman–Crippen MR) is 92.6 cm³/mol. The van der Waals surface area contributed by atoms with Gasteiger partial charge < -0.3 is 5.32 Å². The van der Waals surface area contributed by atoms with Crippen molar-refractivity contribution in [2.75, 3.05) is 6.54 Å². The van der Waals surface area contributed by atoms with Crippen LogP contribution in [0.5, 0.6) is 0 Å². The van der Waals surface area contributed by atoms with E-state index in [2.05, 4.69) is 15.4 Å². The van der Waals surface area contributed by atoms with Gasteiger partial charge in [0.1, 0.15) is 6.33 Å². The average Bonchev–Trinajstić information content (AvgIpc) is 3.18. The molecule has 6 nitrogen and oxygen atoms in total. The van der Waals surface area contributed by atoms with Crippen LogP contribution in [0.1, 0.15) is 28.9 Å². The van der Waals surface area contributed by atoms with Crippen LogP contribution in [0.3, 0.4) is 0 Å². The first-order valence-corrected chi connectivity index (χ1v) is 8.71. The number of carbonyl (C=O) groups excluding carboxylic acids is 2. The fourth-order valence-corrected chi connectivity index (χ4v) is 3.23. The number of aromatic nitrogens is 3. The third-order valence-corrected chi connectivity index (χ3v) is 4.67. The van der Waals surface area contributed by atoms with Crippen LogP contribution in [-0.2, 0) is 11.2 Å². The van der Waals surface area contributed by atoms with E-state index in [1.165, 1.54) is 17.7 Å². The first kappa shape index (κ1) is 16.6. The van der Waals surface area contributed by atoms with Gasteiger partial charge in [0.05, 0.1) is 5.69 Å². The van der Waals surface area contributed by atoms with E-state index >= 15 is 0 Å². The fraction of sp³-hybridized carbons (Fsp3) is 0.250. The molecule has 0 bridgehead atoms. The van der Waals surface area contributed by atoms with Crippen LogP contribution in [0.25, 0.3) is 4.96 Å². The number of nitrogens with one attached hydrogen (secondary N) is 1. The van der Waals surface area contributed by atoms with Gasteiger partial charge in [0.15, 0.2) is 5.78 Å². The molecule has 0 atom stereocenters. The Hall–Kier alpha value is -2.25. The van der Waals surface area contributed by atoms with Gasteiger partial charge in [-0.15, -0.1) is 11.3 Å². The molecule has 0 radical (unpaired) electrons. The highest BCUT2D eigenvalue weighted by Gasteiger charge is 2.10. The summed E-state index contributed by atoms with van der Waals surface area (Å²) in [6.45, 7) is 0.500. The molecular formula is C16H15ClN4O2S. The lowest BCUT2D eigenvalue weighted by molar-refractivity contribution is -0.121. The molecule has 2 aromatic heterocycles. The predicted octanol–water partition coefficient (Wildman–Crippen LogP) is 2.77. The lowest BCUT2D eigenvalue weighted by Gasteiger charge is -2.05. The van der Waals surface area contributed by atoms with Crippen molar-refractivity contribution in [2.45, 2.75) is 19.3 Å². The molecule has 0 aliphatic carbocycles. The zero-order valence-corrected chi connectivity index (χ0v) is 14.3. The zero-order chi connectivity index (χ0) is 16.9. The third kappa shape index (κ3) is 3.98. The summed E-state index contributed by atoms with van der Waals surface area (Å²) in [7, 11) is 0. The highest BCUT2D eigenvalue weighted by molar-refractivity contribution is 7.15. The fourth-order valence-electron chi connectivity index (χ4n) is 2.27. The van der Waals surface area contributed by atoms with Crippen molar-refractivity contribution in [3.05, 3.63) is 52.3 Å². The minimum absolute atomic E-state index is 0.0658. The Bertz CT molecular complexity index is 856. The molecule has 0 saturated carbocycles. The highest BCUT2D eigenvalue weighted by Crippen LogP contribution is 2.13. The smallest absolute Gasteiger partial charge is 0.220 e. The first-order chi connectivity index (χ1) is 11.6. The maximum absolute atomic E-state index is 12.0. The number of hydrogen-bond acceptors (Lipinski definition) is 5. The number of ketones is 1. The minimum Gasteiger partial charge on any atom is -0.356 e. The van der Waals surface area contributed by atoms with Crippen LogP contribution >= 0.6 is 22.9 Å². The van der Waals surface area contributed by atoms with Gasteiger partial charge in [-0.3, -0.25) is 9.59 Å². The maximum atomic E-state index is 12.0. The van der Waals surface area contributed by atoms with Crippen molar-refractivity contribution in [1.82, 2.24) is 19.9 Å². The van der Waals surface area contributed by atoms with Gasteiger partial charge in [-0.1, -0.05) is 11.6 Å². The van der Waals surface area contributed by atoms with E-state index in [1.807, 2.05) is 5.38 Å². The standard InChI is InChI=1S/C16H15ClN4O2S/c17-12-3-1-11(2-4-12)14(22)5-6-15(23)18-8-7-13-9-24-16-19-10-20-21(13)16/h1-4,9-10H,5-8H2,(H,18,23). The molecule has 24 heavy (non-hydrogen) atoms. The summed E-state index contributed by atoms with van der Waals surface area (Å²) in [6.07, 6.45) is 2.53. The number of thiazole rings is 1. The monoisotopic (exact) mass is 362 g/mol. The average molecular weight is 363 g/mol. The van der Waals surface area contributed by atoms with E-state index < -0.39 is 0 Å². The Morgan fingerprint density at radius 2 is 2.00 bits per heavy atom. The second-order valence-corrected chi connectivity index (χ2v) is 6.48. The van der Waals surface area contributed by atoms with E-state index in [-0.39, 0.29) is 24.5 Å². The molecule has 1 aromatic carbocycles. The Kier molecular flexibility index (Phi) is 5.22. The molecule has 1 amide bonds. The molecule has 1 N–H and O–H groups in total. The molecule has 0 saturated heterocycles. The summed E-state index contributed by atoms with van der Waals surface area (Å²) in [6, 6.07) is 6.67. The molecule has 124 valence electrons. The van der Waals surface area contributed by atoms with Gasteiger partial charge in [-0.25, -0.2) is 9.50 Å². The number of carbonyl (C=O) groups is 2. The van der Waals surface area contributed by atoms with Crippen LogP contribution in [0.4, 0.5) is 0 Å². The third-order valence-electron chi connectivity index (χ3n) is 3.54. The van der Waals surface area contributed by atoms with Gasteiger partial charge in [0.25, 0.3) is 0 Å². The Morgan fingerprint density at radius 3 is 2.79 bits per heavy atom.